The molecule has 2 aromatic rings. The van der Waals surface area contributed by atoms with Gasteiger partial charge in [-0.05, 0) is 52.9 Å². The predicted molar refractivity (Wildman–Crippen MR) is 75.5 cm³/mol. The van der Waals surface area contributed by atoms with Crippen molar-refractivity contribution in [3.05, 3.63) is 62.7 Å². The first kappa shape index (κ1) is 13.9. The van der Waals surface area contributed by atoms with Crippen molar-refractivity contribution in [2.45, 2.75) is 0 Å². The molecule has 0 aromatic heterocycles. The third-order valence-electron chi connectivity index (χ3n) is 2.58. The lowest BCUT2D eigenvalue weighted by Gasteiger charge is -2.08. The second-order valence-corrected chi connectivity index (χ2v) is 5.04. The zero-order valence-corrected chi connectivity index (χ0v) is 12.1. The van der Waals surface area contributed by atoms with Gasteiger partial charge in [0.25, 0.3) is 0 Å². The Labute approximate surface area is 122 Å². The molecule has 0 aliphatic rings. The first-order valence-corrected chi connectivity index (χ1v) is 6.44. The average molecular weight is 374 g/mol. The van der Waals surface area contributed by atoms with E-state index in [-0.39, 0.29) is 11.1 Å². The van der Waals surface area contributed by atoms with E-state index >= 15 is 0 Å². The van der Waals surface area contributed by atoms with Crippen molar-refractivity contribution in [3.63, 3.8) is 0 Å². The molecule has 0 unspecified atom stereocenters. The highest BCUT2D eigenvalue weighted by atomic mass is 127. The number of hydrogen-bond acceptors (Lipinski definition) is 2. The van der Waals surface area contributed by atoms with Crippen molar-refractivity contribution in [1.82, 2.24) is 0 Å². The van der Waals surface area contributed by atoms with Crippen molar-refractivity contribution in [3.8, 4) is 5.75 Å². The molecular formula is C14H9F2IO2. The number of halogens is 3. The maximum Gasteiger partial charge on any atom is 0.199 e. The van der Waals surface area contributed by atoms with Crippen LogP contribution in [0.3, 0.4) is 0 Å². The molecule has 0 amide bonds. The molecule has 0 bridgehead atoms. The molecule has 0 aliphatic carbocycles. The molecule has 0 saturated heterocycles. The van der Waals surface area contributed by atoms with Crippen molar-refractivity contribution >= 4 is 28.4 Å². The van der Waals surface area contributed by atoms with Gasteiger partial charge >= 0.3 is 0 Å². The first-order valence-electron chi connectivity index (χ1n) is 5.36. The second kappa shape index (κ2) is 5.64. The van der Waals surface area contributed by atoms with E-state index in [1.807, 2.05) is 22.6 Å². The van der Waals surface area contributed by atoms with Crippen LogP contribution in [0.4, 0.5) is 8.78 Å². The smallest absolute Gasteiger partial charge is 0.199 e. The van der Waals surface area contributed by atoms with Gasteiger partial charge in [0, 0.05) is 9.64 Å². The fourth-order valence-electron chi connectivity index (χ4n) is 1.68. The number of carbonyl (C=O) groups is 1. The Kier molecular flexibility index (Phi) is 4.14. The van der Waals surface area contributed by atoms with Crippen LogP contribution >= 0.6 is 22.6 Å². The standard InChI is InChI=1S/C14H9F2IO2/c1-19-13-5-3-9(17)7-11(13)14(18)10-4-2-8(15)6-12(10)16/h2-7H,1H3. The van der Waals surface area contributed by atoms with Crippen molar-refractivity contribution in [2.24, 2.45) is 0 Å². The van der Waals surface area contributed by atoms with Gasteiger partial charge in [-0.1, -0.05) is 0 Å². The molecule has 5 heteroatoms. The fraction of sp³-hybridized carbons (Fsp3) is 0.0714. The molecular weight excluding hydrogens is 365 g/mol. The van der Waals surface area contributed by atoms with Crippen LogP contribution in [-0.2, 0) is 0 Å². The largest absolute Gasteiger partial charge is 0.496 e. The highest BCUT2D eigenvalue weighted by molar-refractivity contribution is 14.1. The Morgan fingerprint density at radius 3 is 2.47 bits per heavy atom. The minimum atomic E-state index is -0.883. The van der Waals surface area contributed by atoms with Gasteiger partial charge in [-0.25, -0.2) is 8.78 Å². The molecule has 0 fully saturated rings. The van der Waals surface area contributed by atoms with Crippen LogP contribution in [0.25, 0.3) is 0 Å². The van der Waals surface area contributed by atoms with E-state index in [9.17, 15) is 13.6 Å². The molecule has 98 valence electrons. The summed E-state index contributed by atoms with van der Waals surface area (Å²) in [4.78, 5) is 12.3. The second-order valence-electron chi connectivity index (χ2n) is 3.80. The van der Waals surface area contributed by atoms with Gasteiger partial charge in [0.2, 0.25) is 0 Å². The lowest BCUT2D eigenvalue weighted by Crippen LogP contribution is -2.07. The number of ketones is 1. The van der Waals surface area contributed by atoms with Gasteiger partial charge < -0.3 is 4.74 Å². The Hall–Kier alpha value is -1.50. The summed E-state index contributed by atoms with van der Waals surface area (Å²) in [5, 5.41) is 0. The highest BCUT2D eigenvalue weighted by Gasteiger charge is 2.18. The van der Waals surface area contributed by atoms with Crippen LogP contribution in [0.2, 0.25) is 0 Å². The summed E-state index contributed by atoms with van der Waals surface area (Å²) in [7, 11) is 1.43. The van der Waals surface area contributed by atoms with E-state index < -0.39 is 17.4 Å². The third-order valence-corrected chi connectivity index (χ3v) is 3.25. The summed E-state index contributed by atoms with van der Waals surface area (Å²) in [5.41, 5.74) is 0.0709. The van der Waals surface area contributed by atoms with Gasteiger partial charge in [-0.3, -0.25) is 4.79 Å². The minimum Gasteiger partial charge on any atom is -0.496 e. The van der Waals surface area contributed by atoms with Gasteiger partial charge in [0.1, 0.15) is 17.4 Å². The molecule has 2 nitrogen and oxygen atoms in total. The fourth-order valence-corrected chi connectivity index (χ4v) is 2.17. The minimum absolute atomic E-state index is 0.179. The molecule has 0 N–H and O–H groups in total. The number of ether oxygens (including phenoxy) is 1. The maximum absolute atomic E-state index is 13.6. The number of benzene rings is 2. The van der Waals surface area contributed by atoms with Gasteiger partial charge in [-0.2, -0.15) is 0 Å². The number of methoxy groups -OCH3 is 1. The zero-order chi connectivity index (χ0) is 14.0. The highest BCUT2D eigenvalue weighted by Crippen LogP contribution is 2.25. The lowest BCUT2D eigenvalue weighted by atomic mass is 10.0. The monoisotopic (exact) mass is 374 g/mol. The van der Waals surface area contributed by atoms with Gasteiger partial charge in [0.05, 0.1) is 18.2 Å². The molecule has 0 spiro atoms. The molecule has 19 heavy (non-hydrogen) atoms. The van der Waals surface area contributed by atoms with Gasteiger partial charge in [0.15, 0.2) is 5.78 Å². The summed E-state index contributed by atoms with van der Waals surface area (Å²) in [6.45, 7) is 0. The van der Waals surface area contributed by atoms with Crippen LogP contribution in [0.5, 0.6) is 5.75 Å². The Morgan fingerprint density at radius 1 is 1.11 bits per heavy atom. The molecule has 0 radical (unpaired) electrons. The van der Waals surface area contributed by atoms with Crippen LogP contribution < -0.4 is 4.74 Å². The van der Waals surface area contributed by atoms with E-state index in [2.05, 4.69) is 0 Å². The molecule has 2 rings (SSSR count). The predicted octanol–water partition coefficient (Wildman–Crippen LogP) is 3.81. The average Bonchev–Trinajstić information content (AvgIpc) is 2.38. The zero-order valence-electron chi connectivity index (χ0n) is 9.91. The summed E-state index contributed by atoms with van der Waals surface area (Å²) in [6.07, 6.45) is 0. The SMILES string of the molecule is COc1ccc(I)cc1C(=O)c1ccc(F)cc1F. The third kappa shape index (κ3) is 2.91. The number of carbonyl (C=O) groups excluding carboxylic acids is 1. The maximum atomic E-state index is 13.6. The quantitative estimate of drug-likeness (QED) is 0.604. The van der Waals surface area contributed by atoms with Crippen LogP contribution in [0.1, 0.15) is 15.9 Å². The van der Waals surface area contributed by atoms with Crippen molar-refractivity contribution in [2.75, 3.05) is 7.11 Å². The summed E-state index contributed by atoms with van der Waals surface area (Å²) in [6, 6.07) is 7.88. The number of rotatable bonds is 3. The van der Waals surface area contributed by atoms with E-state index in [0.29, 0.717) is 11.8 Å². The van der Waals surface area contributed by atoms with Crippen molar-refractivity contribution in [1.29, 1.82) is 0 Å². The van der Waals surface area contributed by atoms with E-state index in [4.69, 9.17) is 4.74 Å². The van der Waals surface area contributed by atoms with Crippen LogP contribution in [0.15, 0.2) is 36.4 Å². The number of hydrogen-bond donors (Lipinski definition) is 0. The van der Waals surface area contributed by atoms with E-state index in [1.54, 1.807) is 18.2 Å². The van der Waals surface area contributed by atoms with Gasteiger partial charge in [-0.15, -0.1) is 0 Å². The molecule has 0 aliphatic heterocycles. The van der Waals surface area contributed by atoms with Crippen molar-refractivity contribution < 1.29 is 18.3 Å². The Bertz CT molecular complexity index is 641. The Morgan fingerprint density at radius 2 is 1.84 bits per heavy atom. The first-order chi connectivity index (χ1) is 9.02. The Balaban J connectivity index is 2.52. The molecule has 0 heterocycles. The summed E-state index contributed by atoms with van der Waals surface area (Å²) >= 11 is 2.04. The lowest BCUT2D eigenvalue weighted by molar-refractivity contribution is 0.103. The summed E-state index contributed by atoms with van der Waals surface area (Å²) in [5.74, 6) is -1.78. The topological polar surface area (TPSA) is 26.3 Å². The molecule has 2 aromatic carbocycles. The molecule has 0 saturated carbocycles. The van der Waals surface area contributed by atoms with Crippen LogP contribution in [-0.4, -0.2) is 12.9 Å². The van der Waals surface area contributed by atoms with E-state index in [1.165, 1.54) is 7.11 Å². The van der Waals surface area contributed by atoms with E-state index in [0.717, 1.165) is 15.7 Å². The van der Waals surface area contributed by atoms with Crippen LogP contribution in [0, 0.1) is 15.2 Å². The molecule has 0 atom stereocenters. The summed E-state index contributed by atoms with van der Waals surface area (Å²) < 4.78 is 32.4. The normalized spacial score (nSPS) is 10.3.